The molecule has 0 saturated carbocycles. The fourth-order valence-electron chi connectivity index (χ4n) is 3.11. The van der Waals surface area contributed by atoms with Gasteiger partial charge in [-0.2, -0.15) is 13.2 Å². The molecule has 1 aromatic heterocycles. The average Bonchev–Trinajstić information content (AvgIpc) is 2.60. The molecule has 2 heterocycles. The number of carbonyl (C=O) groups excluding carboxylic acids is 1. The molecule has 6 nitrogen and oxygen atoms in total. The number of amides is 2. The number of hydrogen-bond acceptors (Lipinski definition) is 4. The van der Waals surface area contributed by atoms with E-state index in [9.17, 15) is 18.0 Å². The van der Waals surface area contributed by atoms with Gasteiger partial charge in [0.1, 0.15) is 0 Å². The summed E-state index contributed by atoms with van der Waals surface area (Å²) in [5.41, 5.74) is -0.659. The largest absolute Gasteiger partial charge is 0.416 e. The van der Waals surface area contributed by atoms with Crippen LogP contribution in [0.5, 0.6) is 0 Å². The molecular formula is C20H22ClF3N4O2. The lowest BCUT2D eigenvalue weighted by Gasteiger charge is -2.41. The molecule has 162 valence electrons. The number of rotatable bonds is 4. The topological polar surface area (TPSA) is 67.3 Å². The van der Waals surface area contributed by atoms with Crippen LogP contribution in [0, 0.1) is 0 Å². The number of halogens is 4. The summed E-state index contributed by atoms with van der Waals surface area (Å²) in [6.07, 6.45) is -3.29. The van der Waals surface area contributed by atoms with Crippen molar-refractivity contribution in [2.45, 2.75) is 45.2 Å². The average molecular weight is 443 g/mol. The molecule has 2 amide bonds. The van der Waals surface area contributed by atoms with Crippen molar-refractivity contribution in [1.82, 2.24) is 20.2 Å². The zero-order chi connectivity index (χ0) is 22.1. The van der Waals surface area contributed by atoms with Crippen molar-refractivity contribution >= 4 is 17.6 Å². The van der Waals surface area contributed by atoms with Gasteiger partial charge in [0.2, 0.25) is 5.28 Å². The van der Waals surface area contributed by atoms with Crippen molar-refractivity contribution in [2.75, 3.05) is 13.1 Å². The van der Waals surface area contributed by atoms with Gasteiger partial charge < -0.3 is 15.0 Å². The Hall–Kier alpha value is -2.39. The van der Waals surface area contributed by atoms with Crippen LogP contribution in [0.15, 0.2) is 30.5 Å². The van der Waals surface area contributed by atoms with E-state index in [0.29, 0.717) is 13.1 Å². The Morgan fingerprint density at radius 2 is 1.97 bits per heavy atom. The second-order valence-corrected chi connectivity index (χ2v) is 8.33. The lowest BCUT2D eigenvalue weighted by atomic mass is 10.0. The van der Waals surface area contributed by atoms with Crippen molar-refractivity contribution in [1.29, 1.82) is 0 Å². The van der Waals surface area contributed by atoms with Gasteiger partial charge in [-0.15, -0.1) is 0 Å². The van der Waals surface area contributed by atoms with Gasteiger partial charge in [0, 0.05) is 18.3 Å². The maximum absolute atomic E-state index is 13.6. The Bertz CT molecular complexity index is 925. The molecule has 0 aliphatic carbocycles. The molecule has 3 rings (SSSR count). The SMILES string of the molecule is CC(C)(C)OC1CN(C(=O)NCc2ccc(-c3ccnc(Cl)n3)cc2C(F)(F)F)C1. The van der Waals surface area contributed by atoms with E-state index >= 15 is 0 Å². The van der Waals surface area contributed by atoms with Gasteiger partial charge in [0.15, 0.2) is 0 Å². The predicted molar refractivity (Wildman–Crippen MR) is 106 cm³/mol. The maximum Gasteiger partial charge on any atom is 0.416 e. The van der Waals surface area contributed by atoms with Crippen LogP contribution in [0.4, 0.5) is 18.0 Å². The van der Waals surface area contributed by atoms with Crippen LogP contribution in [0.3, 0.4) is 0 Å². The molecule has 1 saturated heterocycles. The second kappa shape index (κ2) is 8.39. The van der Waals surface area contributed by atoms with E-state index < -0.39 is 17.8 Å². The fraction of sp³-hybridized carbons (Fsp3) is 0.450. The van der Waals surface area contributed by atoms with E-state index in [1.807, 2.05) is 20.8 Å². The quantitative estimate of drug-likeness (QED) is 0.707. The predicted octanol–water partition coefficient (Wildman–Crippen LogP) is 4.52. The third-order valence-corrected chi connectivity index (χ3v) is 4.60. The third-order valence-electron chi connectivity index (χ3n) is 4.42. The van der Waals surface area contributed by atoms with E-state index in [1.54, 1.807) is 0 Å². The molecule has 0 unspecified atom stereocenters. The summed E-state index contributed by atoms with van der Waals surface area (Å²) >= 11 is 5.73. The van der Waals surface area contributed by atoms with Crippen LogP contribution in [0.25, 0.3) is 11.3 Å². The number of aromatic nitrogens is 2. The smallest absolute Gasteiger partial charge is 0.369 e. The minimum Gasteiger partial charge on any atom is -0.369 e. The van der Waals surface area contributed by atoms with E-state index in [1.165, 1.54) is 29.3 Å². The minimum absolute atomic E-state index is 0.0391. The van der Waals surface area contributed by atoms with Crippen LogP contribution in [-0.2, 0) is 17.5 Å². The van der Waals surface area contributed by atoms with Crippen LogP contribution in [0.2, 0.25) is 5.28 Å². The molecule has 1 fully saturated rings. The Balaban J connectivity index is 1.68. The Morgan fingerprint density at radius 3 is 2.57 bits per heavy atom. The number of alkyl halides is 3. The maximum atomic E-state index is 13.6. The van der Waals surface area contributed by atoms with E-state index in [0.717, 1.165) is 6.07 Å². The molecule has 10 heteroatoms. The highest BCUT2D eigenvalue weighted by molar-refractivity contribution is 6.28. The summed E-state index contributed by atoms with van der Waals surface area (Å²) < 4.78 is 46.5. The minimum atomic E-state index is -4.59. The second-order valence-electron chi connectivity index (χ2n) is 8.00. The van der Waals surface area contributed by atoms with Crippen molar-refractivity contribution < 1.29 is 22.7 Å². The summed E-state index contributed by atoms with van der Waals surface area (Å²) in [6.45, 7) is 6.33. The lowest BCUT2D eigenvalue weighted by Crippen LogP contribution is -2.59. The first-order valence-corrected chi connectivity index (χ1v) is 9.70. The molecule has 1 aliphatic rings. The summed E-state index contributed by atoms with van der Waals surface area (Å²) in [4.78, 5) is 21.4. The van der Waals surface area contributed by atoms with Crippen molar-refractivity contribution in [2.24, 2.45) is 0 Å². The Morgan fingerprint density at radius 1 is 1.27 bits per heavy atom. The standard InChI is InChI=1S/C20H22ClF3N4O2/c1-19(2,3)30-14-10-28(11-14)18(29)26-9-13-5-4-12(8-15(13)20(22,23)24)16-6-7-25-17(21)27-16/h4-8,14H,9-11H2,1-3H3,(H,26,29). The monoisotopic (exact) mass is 442 g/mol. The fourth-order valence-corrected chi connectivity index (χ4v) is 3.26. The van der Waals surface area contributed by atoms with E-state index in [2.05, 4.69) is 15.3 Å². The highest BCUT2D eigenvalue weighted by Gasteiger charge is 2.36. The van der Waals surface area contributed by atoms with Gasteiger partial charge in [0.25, 0.3) is 0 Å². The molecular weight excluding hydrogens is 421 g/mol. The van der Waals surface area contributed by atoms with Gasteiger partial charge in [0.05, 0.1) is 36.1 Å². The van der Waals surface area contributed by atoms with Crippen molar-refractivity contribution in [3.8, 4) is 11.3 Å². The number of likely N-dealkylation sites (tertiary alicyclic amines) is 1. The number of carbonyl (C=O) groups is 1. The Labute approximate surface area is 177 Å². The third kappa shape index (κ3) is 5.60. The molecule has 1 aromatic carbocycles. The molecule has 0 bridgehead atoms. The molecule has 1 aliphatic heterocycles. The molecule has 0 radical (unpaired) electrons. The first-order valence-electron chi connectivity index (χ1n) is 9.32. The normalized spacial score (nSPS) is 15.1. The summed E-state index contributed by atoms with van der Waals surface area (Å²) in [6, 6.07) is 4.88. The number of benzene rings is 1. The van der Waals surface area contributed by atoms with Gasteiger partial charge in [-0.1, -0.05) is 12.1 Å². The zero-order valence-corrected chi connectivity index (χ0v) is 17.5. The number of ether oxygens (including phenoxy) is 1. The summed E-state index contributed by atoms with van der Waals surface area (Å²) in [5.74, 6) is 0. The highest BCUT2D eigenvalue weighted by atomic mass is 35.5. The number of urea groups is 1. The first-order chi connectivity index (χ1) is 13.9. The van der Waals surface area contributed by atoms with Crippen LogP contribution < -0.4 is 5.32 Å². The van der Waals surface area contributed by atoms with Crippen LogP contribution >= 0.6 is 11.6 Å². The molecule has 2 aromatic rings. The van der Waals surface area contributed by atoms with Crippen molar-refractivity contribution in [3.63, 3.8) is 0 Å². The zero-order valence-electron chi connectivity index (χ0n) is 16.8. The molecule has 0 atom stereocenters. The number of hydrogen-bond donors (Lipinski definition) is 1. The molecule has 0 spiro atoms. The number of nitrogens with zero attached hydrogens (tertiary/aromatic N) is 3. The molecule has 30 heavy (non-hydrogen) atoms. The highest BCUT2D eigenvalue weighted by Crippen LogP contribution is 2.35. The first kappa shape index (κ1) is 22.3. The number of nitrogens with one attached hydrogen (secondary N) is 1. The van der Waals surface area contributed by atoms with E-state index in [4.69, 9.17) is 16.3 Å². The summed E-state index contributed by atoms with van der Waals surface area (Å²) in [7, 11) is 0. The van der Waals surface area contributed by atoms with Crippen LogP contribution in [0.1, 0.15) is 31.9 Å². The van der Waals surface area contributed by atoms with Gasteiger partial charge in [-0.25, -0.2) is 14.8 Å². The van der Waals surface area contributed by atoms with Gasteiger partial charge >= 0.3 is 12.2 Å². The van der Waals surface area contributed by atoms with Gasteiger partial charge in [-0.05, 0) is 50.1 Å². The van der Waals surface area contributed by atoms with Crippen molar-refractivity contribution in [3.05, 3.63) is 46.9 Å². The van der Waals surface area contributed by atoms with E-state index in [-0.39, 0.29) is 40.4 Å². The van der Waals surface area contributed by atoms with Crippen LogP contribution in [-0.4, -0.2) is 45.7 Å². The summed E-state index contributed by atoms with van der Waals surface area (Å²) in [5, 5.41) is 2.49. The van der Waals surface area contributed by atoms with Gasteiger partial charge in [-0.3, -0.25) is 0 Å². The lowest BCUT2D eigenvalue weighted by molar-refractivity contribution is -0.138. The Kier molecular flexibility index (Phi) is 6.24. The molecule has 1 N–H and O–H groups in total.